The van der Waals surface area contributed by atoms with Crippen molar-refractivity contribution in [3.8, 4) is 5.69 Å². The highest BCUT2D eigenvalue weighted by Crippen LogP contribution is 2.10. The molecule has 0 aliphatic heterocycles. The molecule has 0 aliphatic carbocycles. The topological polar surface area (TPSA) is 89.9 Å². The van der Waals surface area contributed by atoms with Crippen LogP contribution in [0.2, 0.25) is 0 Å². The Kier molecular flexibility index (Phi) is 4.24. The molecule has 3 rings (SSSR count). The first-order valence-electron chi connectivity index (χ1n) is 7.39. The molecule has 7 nitrogen and oxygen atoms in total. The number of carbonyl (C=O) groups is 1. The third kappa shape index (κ3) is 3.10. The van der Waals surface area contributed by atoms with Gasteiger partial charge in [0.1, 0.15) is 17.9 Å². The number of hydrogen-bond acceptors (Lipinski definition) is 5. The number of nitrogens with one attached hydrogen (secondary N) is 1. The van der Waals surface area contributed by atoms with Crippen LogP contribution < -0.4 is 5.56 Å². The number of benzene rings is 1. The zero-order valence-electron chi connectivity index (χ0n) is 13.3. The van der Waals surface area contributed by atoms with Crippen LogP contribution in [0, 0.1) is 13.8 Å². The molecule has 0 radical (unpaired) electrons. The minimum absolute atomic E-state index is 0.0150. The van der Waals surface area contributed by atoms with E-state index < -0.39 is 11.5 Å². The molecule has 0 bridgehead atoms. The lowest BCUT2D eigenvalue weighted by atomic mass is 10.1. The zero-order valence-corrected chi connectivity index (χ0v) is 13.3. The van der Waals surface area contributed by atoms with Gasteiger partial charge in [0.05, 0.1) is 11.4 Å². The fourth-order valence-electron chi connectivity index (χ4n) is 2.25. The van der Waals surface area contributed by atoms with Gasteiger partial charge in [0.25, 0.3) is 5.56 Å². The van der Waals surface area contributed by atoms with Gasteiger partial charge in [-0.2, -0.15) is 10.2 Å². The van der Waals surface area contributed by atoms with E-state index in [9.17, 15) is 9.59 Å². The molecule has 24 heavy (non-hydrogen) atoms. The first-order valence-corrected chi connectivity index (χ1v) is 7.39. The second-order valence-electron chi connectivity index (χ2n) is 5.30. The Balaban J connectivity index is 1.73. The van der Waals surface area contributed by atoms with Crippen LogP contribution in [0.5, 0.6) is 0 Å². The van der Waals surface area contributed by atoms with Crippen molar-refractivity contribution in [2.45, 2.75) is 20.5 Å². The summed E-state index contributed by atoms with van der Waals surface area (Å²) in [6.07, 6.45) is 1.78. The average molecular weight is 324 g/mol. The molecule has 0 aliphatic rings. The average Bonchev–Trinajstić information content (AvgIpc) is 3.06. The molecule has 0 saturated carbocycles. The normalized spacial score (nSPS) is 10.6. The minimum Gasteiger partial charge on any atom is -0.455 e. The maximum Gasteiger partial charge on any atom is 0.344 e. The molecule has 0 saturated heterocycles. The van der Waals surface area contributed by atoms with Crippen LogP contribution in [0.1, 0.15) is 27.3 Å². The number of esters is 1. The van der Waals surface area contributed by atoms with E-state index in [-0.39, 0.29) is 12.2 Å². The first-order chi connectivity index (χ1) is 11.6. The van der Waals surface area contributed by atoms with Gasteiger partial charge in [0.15, 0.2) is 0 Å². The molecule has 3 aromatic rings. The number of H-pyrrole nitrogens is 1. The van der Waals surface area contributed by atoms with Crippen LogP contribution in [-0.2, 0) is 11.3 Å². The van der Waals surface area contributed by atoms with Crippen LogP contribution in [0.4, 0.5) is 0 Å². The SMILES string of the molecule is Cc1n[nH]c(=O)c(C(=O)OCc2ccn(-c3ccccc3)n2)c1C. The first kappa shape index (κ1) is 15.7. The quantitative estimate of drug-likeness (QED) is 0.741. The van der Waals surface area contributed by atoms with Gasteiger partial charge < -0.3 is 4.74 Å². The Morgan fingerprint density at radius 2 is 1.96 bits per heavy atom. The van der Waals surface area contributed by atoms with E-state index in [0.29, 0.717) is 17.0 Å². The monoisotopic (exact) mass is 324 g/mol. The summed E-state index contributed by atoms with van der Waals surface area (Å²) in [6, 6.07) is 11.4. The Labute approximate surface area is 137 Å². The van der Waals surface area contributed by atoms with Gasteiger partial charge in [0.2, 0.25) is 0 Å². The highest BCUT2D eigenvalue weighted by Gasteiger charge is 2.18. The van der Waals surface area contributed by atoms with E-state index >= 15 is 0 Å². The van der Waals surface area contributed by atoms with Gasteiger partial charge in [-0.05, 0) is 37.6 Å². The van der Waals surface area contributed by atoms with Crippen molar-refractivity contribution >= 4 is 5.97 Å². The van der Waals surface area contributed by atoms with Crippen molar-refractivity contribution in [3.63, 3.8) is 0 Å². The van der Waals surface area contributed by atoms with Crippen LogP contribution in [0.15, 0.2) is 47.4 Å². The second-order valence-corrected chi connectivity index (χ2v) is 5.30. The third-order valence-electron chi connectivity index (χ3n) is 3.69. The predicted octanol–water partition coefficient (Wildman–Crippen LogP) is 1.93. The van der Waals surface area contributed by atoms with Gasteiger partial charge in [-0.15, -0.1) is 0 Å². The maximum atomic E-state index is 12.2. The van der Waals surface area contributed by atoms with Crippen LogP contribution in [0.3, 0.4) is 0 Å². The van der Waals surface area contributed by atoms with Gasteiger partial charge in [-0.25, -0.2) is 14.6 Å². The molecule has 1 N–H and O–H groups in total. The molecule has 0 amide bonds. The Morgan fingerprint density at radius 1 is 1.21 bits per heavy atom. The summed E-state index contributed by atoms with van der Waals surface area (Å²) in [6.45, 7) is 3.36. The number of rotatable bonds is 4. The largest absolute Gasteiger partial charge is 0.455 e. The van der Waals surface area contributed by atoms with E-state index in [1.54, 1.807) is 30.8 Å². The van der Waals surface area contributed by atoms with E-state index in [1.807, 2.05) is 30.3 Å². The molecule has 7 heteroatoms. The van der Waals surface area contributed by atoms with Crippen LogP contribution in [0.25, 0.3) is 5.69 Å². The number of nitrogens with zero attached hydrogens (tertiary/aromatic N) is 3. The van der Waals surface area contributed by atoms with Gasteiger partial charge >= 0.3 is 5.97 Å². The number of aromatic nitrogens is 4. The molecule has 0 spiro atoms. The molecule has 2 aromatic heterocycles. The third-order valence-corrected chi connectivity index (χ3v) is 3.69. The minimum atomic E-state index is -0.687. The Bertz CT molecular complexity index is 929. The summed E-state index contributed by atoms with van der Waals surface area (Å²) in [7, 11) is 0. The fourth-order valence-corrected chi connectivity index (χ4v) is 2.25. The van der Waals surface area contributed by atoms with Gasteiger partial charge in [0, 0.05) is 6.20 Å². The lowest BCUT2D eigenvalue weighted by Gasteiger charge is -2.06. The number of ether oxygens (including phenoxy) is 1. The Hall–Kier alpha value is -3.22. The van der Waals surface area contributed by atoms with Gasteiger partial charge in [-0.1, -0.05) is 18.2 Å². The summed E-state index contributed by atoms with van der Waals surface area (Å²) in [5, 5.41) is 10.5. The molecule has 122 valence electrons. The number of para-hydroxylation sites is 1. The van der Waals surface area contributed by atoms with Crippen molar-refractivity contribution in [2.75, 3.05) is 0 Å². The highest BCUT2D eigenvalue weighted by molar-refractivity contribution is 5.90. The van der Waals surface area contributed by atoms with E-state index in [4.69, 9.17) is 4.74 Å². The Morgan fingerprint density at radius 3 is 2.71 bits per heavy atom. The molecule has 0 atom stereocenters. The summed E-state index contributed by atoms with van der Waals surface area (Å²) < 4.78 is 6.91. The molecule has 1 aromatic carbocycles. The second kappa shape index (κ2) is 6.49. The summed E-state index contributed by atoms with van der Waals surface area (Å²) in [5.74, 6) is -0.687. The van der Waals surface area contributed by atoms with Crippen molar-refractivity contribution in [1.82, 2.24) is 20.0 Å². The van der Waals surface area contributed by atoms with Crippen molar-refractivity contribution < 1.29 is 9.53 Å². The smallest absolute Gasteiger partial charge is 0.344 e. The summed E-state index contributed by atoms with van der Waals surface area (Å²) in [4.78, 5) is 24.0. The fraction of sp³-hybridized carbons (Fsp3) is 0.176. The standard InChI is InChI=1S/C17H16N4O3/c1-11-12(2)18-19-16(22)15(11)17(23)24-10-13-8-9-21(20-13)14-6-4-3-5-7-14/h3-9H,10H2,1-2H3,(H,19,22). The van der Waals surface area contributed by atoms with E-state index in [2.05, 4.69) is 15.3 Å². The molecule has 2 heterocycles. The van der Waals surface area contributed by atoms with Crippen LogP contribution in [-0.4, -0.2) is 25.9 Å². The van der Waals surface area contributed by atoms with Crippen molar-refractivity contribution in [2.24, 2.45) is 0 Å². The zero-order chi connectivity index (χ0) is 17.1. The molecule has 0 unspecified atom stereocenters. The number of aryl methyl sites for hydroxylation is 1. The summed E-state index contributed by atoms with van der Waals surface area (Å²) in [5.41, 5.74) is 2.01. The number of carbonyl (C=O) groups excluding carboxylic acids is 1. The maximum absolute atomic E-state index is 12.2. The predicted molar refractivity (Wildman–Crippen MR) is 87.0 cm³/mol. The number of aromatic amines is 1. The van der Waals surface area contributed by atoms with Crippen molar-refractivity contribution in [1.29, 1.82) is 0 Å². The number of hydrogen-bond donors (Lipinski definition) is 1. The van der Waals surface area contributed by atoms with E-state index in [0.717, 1.165) is 5.69 Å². The van der Waals surface area contributed by atoms with Gasteiger partial charge in [-0.3, -0.25) is 4.79 Å². The molecular formula is C17H16N4O3. The highest BCUT2D eigenvalue weighted by atomic mass is 16.5. The lowest BCUT2D eigenvalue weighted by molar-refractivity contribution is 0.0464. The van der Waals surface area contributed by atoms with Crippen molar-refractivity contribution in [3.05, 3.63) is 75.5 Å². The summed E-state index contributed by atoms with van der Waals surface area (Å²) >= 11 is 0. The molecular weight excluding hydrogens is 308 g/mol. The lowest BCUT2D eigenvalue weighted by Crippen LogP contribution is -2.23. The van der Waals surface area contributed by atoms with E-state index in [1.165, 1.54) is 0 Å². The van der Waals surface area contributed by atoms with Crippen LogP contribution >= 0.6 is 0 Å². The molecule has 0 fully saturated rings.